The van der Waals surface area contributed by atoms with Crippen LogP contribution in [0.1, 0.15) is 16.8 Å². The molecule has 1 N–H and O–H groups in total. The molecule has 5 nitrogen and oxygen atoms in total. The fourth-order valence-electron chi connectivity index (χ4n) is 2.22. The highest BCUT2D eigenvalue weighted by molar-refractivity contribution is 5.23. The van der Waals surface area contributed by atoms with E-state index in [1.54, 1.807) is 0 Å². The second-order valence-electron chi connectivity index (χ2n) is 5.14. The Morgan fingerprint density at radius 1 is 1.05 bits per heavy atom. The summed E-state index contributed by atoms with van der Waals surface area (Å²) >= 11 is 0. The standard InChI is InChI=1S/C17H17N3O2/c1-13-7-9-14(10-8-13)11-18-12-16-17(21)22-19-20(16)15-5-3-2-4-6-15/h2-10,18H,11-12H2,1H3. The number of benzene rings is 2. The minimum absolute atomic E-state index is 0.394. The average molecular weight is 295 g/mol. The molecule has 0 spiro atoms. The minimum atomic E-state index is -0.416. The van der Waals surface area contributed by atoms with Gasteiger partial charge in [-0.2, -0.15) is 0 Å². The molecule has 112 valence electrons. The Hall–Kier alpha value is -2.66. The van der Waals surface area contributed by atoms with Crippen molar-refractivity contribution in [1.29, 1.82) is 0 Å². The lowest BCUT2D eigenvalue weighted by Gasteiger charge is -2.04. The van der Waals surface area contributed by atoms with Gasteiger partial charge in [0.2, 0.25) is 5.69 Å². The van der Waals surface area contributed by atoms with Crippen molar-refractivity contribution in [3.8, 4) is 11.6 Å². The molecule has 0 fully saturated rings. The highest BCUT2D eigenvalue weighted by atomic mass is 16.6. The molecule has 1 heterocycles. The topological polar surface area (TPSA) is 65.0 Å². The molecule has 0 aliphatic rings. The fraction of sp³-hybridized carbons (Fsp3) is 0.176. The van der Waals surface area contributed by atoms with Gasteiger partial charge in [-0.15, -0.1) is 0 Å². The lowest BCUT2D eigenvalue weighted by atomic mass is 10.1. The summed E-state index contributed by atoms with van der Waals surface area (Å²) in [7, 11) is 0. The number of hydrogen-bond donors (Lipinski definition) is 1. The van der Waals surface area contributed by atoms with Crippen molar-refractivity contribution in [3.05, 3.63) is 71.4 Å². The van der Waals surface area contributed by atoms with Crippen molar-refractivity contribution in [1.82, 2.24) is 10.6 Å². The molecule has 0 saturated carbocycles. The van der Waals surface area contributed by atoms with Crippen LogP contribution >= 0.6 is 0 Å². The molecular formula is C17H17N3O2. The third kappa shape index (κ3) is 3.15. The van der Waals surface area contributed by atoms with Gasteiger partial charge in [-0.1, -0.05) is 48.0 Å². The molecule has 0 aliphatic heterocycles. The Kier molecular flexibility index (Phi) is 4.16. The maximum Gasteiger partial charge on any atom is 0.253 e. The first-order valence-electron chi connectivity index (χ1n) is 7.13. The van der Waals surface area contributed by atoms with E-state index in [-0.39, 0.29) is 0 Å². The minimum Gasteiger partial charge on any atom is -0.539 e. The van der Waals surface area contributed by atoms with Gasteiger partial charge in [0.1, 0.15) is 0 Å². The highest BCUT2D eigenvalue weighted by Gasteiger charge is 2.19. The van der Waals surface area contributed by atoms with Crippen LogP contribution in [0.5, 0.6) is 5.95 Å². The second kappa shape index (κ2) is 6.41. The van der Waals surface area contributed by atoms with Crippen molar-refractivity contribution in [3.63, 3.8) is 0 Å². The van der Waals surface area contributed by atoms with Crippen molar-refractivity contribution in [2.24, 2.45) is 0 Å². The quantitative estimate of drug-likeness (QED) is 0.727. The molecule has 5 heteroatoms. The number of hydrogen-bond acceptors (Lipinski definition) is 4. The summed E-state index contributed by atoms with van der Waals surface area (Å²) in [6.45, 7) is 3.13. The zero-order valence-corrected chi connectivity index (χ0v) is 12.3. The van der Waals surface area contributed by atoms with Crippen LogP contribution in [0.2, 0.25) is 0 Å². The summed E-state index contributed by atoms with van der Waals surface area (Å²) < 4.78 is 6.32. The maximum absolute atomic E-state index is 11.8. The van der Waals surface area contributed by atoms with E-state index in [0.717, 1.165) is 5.69 Å². The third-order valence-electron chi connectivity index (χ3n) is 3.44. The van der Waals surface area contributed by atoms with Crippen LogP contribution in [0.3, 0.4) is 0 Å². The van der Waals surface area contributed by atoms with Crippen molar-refractivity contribution < 1.29 is 14.3 Å². The molecule has 1 aromatic heterocycles. The maximum atomic E-state index is 11.8. The first-order valence-corrected chi connectivity index (χ1v) is 7.13. The Morgan fingerprint density at radius 3 is 2.50 bits per heavy atom. The summed E-state index contributed by atoms with van der Waals surface area (Å²) in [5.41, 5.74) is 3.69. The largest absolute Gasteiger partial charge is 0.539 e. The number of aryl methyl sites for hydroxylation is 1. The summed E-state index contributed by atoms with van der Waals surface area (Å²) in [6.07, 6.45) is 0. The van der Waals surface area contributed by atoms with E-state index in [4.69, 9.17) is 4.52 Å². The van der Waals surface area contributed by atoms with E-state index in [1.165, 1.54) is 15.8 Å². The highest BCUT2D eigenvalue weighted by Crippen LogP contribution is 2.10. The Labute approximate surface area is 128 Å². The van der Waals surface area contributed by atoms with Crippen LogP contribution in [0.25, 0.3) is 5.69 Å². The number of para-hydroxylation sites is 1. The van der Waals surface area contributed by atoms with Crippen LogP contribution < -0.4 is 15.1 Å². The number of nitrogens with one attached hydrogen (secondary N) is 1. The predicted molar refractivity (Wildman–Crippen MR) is 79.2 cm³/mol. The molecule has 2 aromatic carbocycles. The van der Waals surface area contributed by atoms with Gasteiger partial charge in [0.15, 0.2) is 5.95 Å². The number of aromatic nitrogens is 2. The van der Waals surface area contributed by atoms with Crippen LogP contribution in [-0.4, -0.2) is 5.27 Å². The first kappa shape index (κ1) is 14.3. The third-order valence-corrected chi connectivity index (χ3v) is 3.44. The lowest BCUT2D eigenvalue weighted by Crippen LogP contribution is -2.38. The van der Waals surface area contributed by atoms with Crippen molar-refractivity contribution >= 4 is 0 Å². The smallest absolute Gasteiger partial charge is 0.253 e. The summed E-state index contributed by atoms with van der Waals surface area (Å²) in [4.78, 5) is 0. The Morgan fingerprint density at radius 2 is 1.77 bits per heavy atom. The summed E-state index contributed by atoms with van der Waals surface area (Å²) in [6, 6.07) is 17.7. The summed E-state index contributed by atoms with van der Waals surface area (Å²) in [5.74, 6) is -0.416. The molecule has 0 amide bonds. The van der Waals surface area contributed by atoms with Gasteiger partial charge in [-0.05, 0) is 17.2 Å². The zero-order chi connectivity index (χ0) is 15.4. The zero-order valence-electron chi connectivity index (χ0n) is 12.3. The molecule has 0 atom stereocenters. The van der Waals surface area contributed by atoms with Gasteiger partial charge in [-0.3, -0.25) is 0 Å². The van der Waals surface area contributed by atoms with Gasteiger partial charge in [-0.25, -0.2) is 0 Å². The van der Waals surface area contributed by atoms with Crippen LogP contribution in [0, 0.1) is 6.92 Å². The molecule has 3 aromatic rings. The van der Waals surface area contributed by atoms with Crippen molar-refractivity contribution in [2.45, 2.75) is 20.0 Å². The van der Waals surface area contributed by atoms with Gasteiger partial charge in [0, 0.05) is 18.7 Å². The van der Waals surface area contributed by atoms with E-state index in [1.807, 2.05) is 30.3 Å². The molecule has 3 rings (SSSR count). The molecule has 0 unspecified atom stereocenters. The van der Waals surface area contributed by atoms with Gasteiger partial charge >= 0.3 is 0 Å². The number of nitrogens with zero attached hydrogens (tertiary/aromatic N) is 2. The monoisotopic (exact) mass is 295 g/mol. The van der Waals surface area contributed by atoms with E-state index < -0.39 is 5.95 Å². The molecular weight excluding hydrogens is 278 g/mol. The predicted octanol–water partition coefficient (Wildman–Crippen LogP) is 1.62. The van der Waals surface area contributed by atoms with E-state index in [9.17, 15) is 5.11 Å². The molecule has 0 aliphatic carbocycles. The summed E-state index contributed by atoms with van der Waals surface area (Å²) in [5, 5.41) is 18.9. The Bertz CT molecular complexity index is 736. The van der Waals surface area contributed by atoms with Gasteiger partial charge in [0.05, 0.1) is 11.8 Å². The van der Waals surface area contributed by atoms with Crippen molar-refractivity contribution in [2.75, 3.05) is 0 Å². The van der Waals surface area contributed by atoms with Crippen LogP contribution in [0.4, 0.5) is 0 Å². The van der Waals surface area contributed by atoms with Gasteiger partial charge in [0.25, 0.3) is 5.69 Å². The number of rotatable bonds is 5. The first-order chi connectivity index (χ1) is 10.7. The molecule has 0 bridgehead atoms. The Balaban J connectivity index is 1.70. The molecule has 0 saturated heterocycles. The van der Waals surface area contributed by atoms with Crippen LogP contribution in [0.15, 0.2) is 59.1 Å². The average Bonchev–Trinajstić information content (AvgIpc) is 2.91. The normalized spacial score (nSPS) is 10.8. The van der Waals surface area contributed by atoms with Gasteiger partial charge < -0.3 is 14.9 Å². The fourth-order valence-corrected chi connectivity index (χ4v) is 2.22. The molecule has 22 heavy (non-hydrogen) atoms. The SMILES string of the molecule is Cc1ccc(CNCc2c([O-])on[n+]2-c2ccccc2)cc1. The van der Waals surface area contributed by atoms with E-state index in [0.29, 0.717) is 18.8 Å². The lowest BCUT2D eigenvalue weighted by molar-refractivity contribution is -0.677. The van der Waals surface area contributed by atoms with E-state index >= 15 is 0 Å². The molecule has 0 radical (unpaired) electrons. The van der Waals surface area contributed by atoms with Crippen LogP contribution in [-0.2, 0) is 13.1 Å². The van der Waals surface area contributed by atoms with E-state index in [2.05, 4.69) is 41.8 Å². The second-order valence-corrected chi connectivity index (χ2v) is 5.14.